The third-order valence-corrected chi connectivity index (χ3v) is 2.86. The lowest BCUT2D eigenvalue weighted by molar-refractivity contribution is 0.143. The van der Waals surface area contributed by atoms with E-state index in [1.807, 2.05) is 20.8 Å². The maximum atomic E-state index is 13.1. The number of aliphatic hydroxyl groups is 1. The van der Waals surface area contributed by atoms with Crippen LogP contribution in [-0.4, -0.2) is 22.9 Å². The third kappa shape index (κ3) is 4.63. The average molecular weight is 255 g/mol. The minimum atomic E-state index is -0.428. The summed E-state index contributed by atoms with van der Waals surface area (Å²) in [6.07, 6.45) is 0.289. The number of aliphatic hydroxyl groups excluding tert-OH is 1. The van der Waals surface area contributed by atoms with Gasteiger partial charge in [0.2, 0.25) is 0 Å². The molecule has 0 fully saturated rings. The molecule has 3 N–H and O–H groups in total. The van der Waals surface area contributed by atoms with Gasteiger partial charge in [0.15, 0.2) is 0 Å². The first-order valence-electron chi connectivity index (χ1n) is 6.30. The van der Waals surface area contributed by atoms with E-state index in [1.165, 1.54) is 18.2 Å². The minimum Gasteiger partial charge on any atom is -0.508 e. The van der Waals surface area contributed by atoms with Crippen LogP contribution in [0.4, 0.5) is 4.39 Å². The monoisotopic (exact) mass is 255 g/mol. The summed E-state index contributed by atoms with van der Waals surface area (Å²) in [6.45, 7) is 6.35. The van der Waals surface area contributed by atoms with Gasteiger partial charge in [0.05, 0.1) is 6.10 Å². The minimum absolute atomic E-state index is 0.0646. The molecule has 0 aliphatic heterocycles. The maximum Gasteiger partial charge on any atom is 0.123 e. The predicted molar refractivity (Wildman–Crippen MR) is 69.9 cm³/mol. The van der Waals surface area contributed by atoms with Crippen LogP contribution in [0.15, 0.2) is 18.2 Å². The van der Waals surface area contributed by atoms with Crippen molar-refractivity contribution in [2.75, 3.05) is 6.54 Å². The summed E-state index contributed by atoms with van der Waals surface area (Å²) in [5.41, 5.74) is 0.506. The van der Waals surface area contributed by atoms with Crippen molar-refractivity contribution in [2.45, 2.75) is 39.3 Å². The first kappa shape index (κ1) is 14.9. The fraction of sp³-hybridized carbons (Fsp3) is 0.571. The SMILES string of the molecule is CC(C)CC(O)CNC(C)c1cc(F)ccc1O. The Hall–Kier alpha value is -1.13. The standard InChI is InChI=1S/C14H22FNO2/c1-9(2)6-12(17)8-16-10(3)13-7-11(15)4-5-14(13)18/h4-5,7,9-10,12,16-18H,6,8H2,1-3H3. The molecule has 0 bridgehead atoms. The van der Waals surface area contributed by atoms with E-state index in [9.17, 15) is 14.6 Å². The number of benzene rings is 1. The Balaban J connectivity index is 2.54. The van der Waals surface area contributed by atoms with Gasteiger partial charge in [0, 0.05) is 18.2 Å². The molecule has 2 unspecified atom stereocenters. The quantitative estimate of drug-likeness (QED) is 0.732. The molecule has 3 nitrogen and oxygen atoms in total. The first-order valence-corrected chi connectivity index (χ1v) is 6.30. The summed E-state index contributed by atoms with van der Waals surface area (Å²) in [5.74, 6) is 0.119. The van der Waals surface area contributed by atoms with Crippen LogP contribution in [-0.2, 0) is 0 Å². The number of hydrogen-bond donors (Lipinski definition) is 3. The molecule has 0 amide bonds. The van der Waals surface area contributed by atoms with Crippen molar-refractivity contribution < 1.29 is 14.6 Å². The highest BCUT2D eigenvalue weighted by molar-refractivity contribution is 5.34. The highest BCUT2D eigenvalue weighted by atomic mass is 19.1. The van der Waals surface area contributed by atoms with Gasteiger partial charge in [0.25, 0.3) is 0 Å². The summed E-state index contributed by atoms with van der Waals surface area (Å²) < 4.78 is 13.1. The number of rotatable bonds is 6. The average Bonchev–Trinajstić information content (AvgIpc) is 2.28. The maximum absolute atomic E-state index is 13.1. The molecule has 0 saturated carbocycles. The van der Waals surface area contributed by atoms with Gasteiger partial charge in [-0.1, -0.05) is 13.8 Å². The smallest absolute Gasteiger partial charge is 0.123 e. The summed E-state index contributed by atoms with van der Waals surface area (Å²) in [5, 5.41) is 22.5. The van der Waals surface area contributed by atoms with Gasteiger partial charge >= 0.3 is 0 Å². The van der Waals surface area contributed by atoms with Crippen LogP contribution in [0.3, 0.4) is 0 Å². The van der Waals surface area contributed by atoms with Crippen molar-refractivity contribution in [3.05, 3.63) is 29.6 Å². The van der Waals surface area contributed by atoms with E-state index in [4.69, 9.17) is 0 Å². The molecule has 0 heterocycles. The Morgan fingerprint density at radius 1 is 1.28 bits per heavy atom. The van der Waals surface area contributed by atoms with Gasteiger partial charge in [-0.25, -0.2) is 4.39 Å². The summed E-state index contributed by atoms with van der Waals surface area (Å²) in [7, 11) is 0. The van der Waals surface area contributed by atoms with Crippen molar-refractivity contribution in [3.8, 4) is 5.75 Å². The van der Waals surface area contributed by atoms with Crippen LogP contribution in [0.1, 0.15) is 38.8 Å². The predicted octanol–water partition coefficient (Wildman–Crippen LogP) is 2.59. The van der Waals surface area contributed by atoms with E-state index in [0.29, 0.717) is 18.0 Å². The van der Waals surface area contributed by atoms with E-state index in [0.717, 1.165) is 6.42 Å². The lowest BCUT2D eigenvalue weighted by atomic mass is 10.0. The van der Waals surface area contributed by atoms with Crippen LogP contribution in [0.25, 0.3) is 0 Å². The van der Waals surface area contributed by atoms with Crippen LogP contribution < -0.4 is 5.32 Å². The van der Waals surface area contributed by atoms with Crippen molar-refractivity contribution in [1.29, 1.82) is 0 Å². The van der Waals surface area contributed by atoms with Crippen LogP contribution in [0.5, 0.6) is 5.75 Å². The molecule has 4 heteroatoms. The van der Waals surface area contributed by atoms with Crippen molar-refractivity contribution in [3.63, 3.8) is 0 Å². The molecule has 1 rings (SSSR count). The second-order valence-electron chi connectivity index (χ2n) is 5.12. The van der Waals surface area contributed by atoms with Gasteiger partial charge < -0.3 is 15.5 Å². The Kier molecular flexibility index (Phi) is 5.56. The fourth-order valence-electron chi connectivity index (χ4n) is 1.92. The van der Waals surface area contributed by atoms with E-state index < -0.39 is 6.10 Å². The van der Waals surface area contributed by atoms with Gasteiger partial charge in [-0.15, -0.1) is 0 Å². The zero-order valence-electron chi connectivity index (χ0n) is 11.2. The molecule has 0 aromatic heterocycles. The van der Waals surface area contributed by atoms with Crippen molar-refractivity contribution in [1.82, 2.24) is 5.32 Å². The number of phenolic OH excluding ortho intramolecular Hbond substituents is 1. The first-order chi connectivity index (χ1) is 8.40. The van der Waals surface area contributed by atoms with Crippen LogP contribution in [0, 0.1) is 11.7 Å². The molecular formula is C14H22FNO2. The molecule has 18 heavy (non-hydrogen) atoms. The summed E-state index contributed by atoms with van der Waals surface area (Å²) in [6, 6.07) is 3.66. The Morgan fingerprint density at radius 3 is 2.56 bits per heavy atom. The highest BCUT2D eigenvalue weighted by Gasteiger charge is 2.13. The molecule has 1 aromatic rings. The molecule has 0 spiro atoms. The third-order valence-electron chi connectivity index (χ3n) is 2.86. The molecular weight excluding hydrogens is 233 g/mol. The molecule has 0 aliphatic rings. The lowest BCUT2D eigenvalue weighted by Crippen LogP contribution is -2.30. The highest BCUT2D eigenvalue weighted by Crippen LogP contribution is 2.24. The molecule has 2 atom stereocenters. The molecule has 1 aromatic carbocycles. The van der Waals surface area contributed by atoms with Gasteiger partial charge in [0.1, 0.15) is 11.6 Å². The lowest BCUT2D eigenvalue weighted by Gasteiger charge is -2.19. The Labute approximate surface area is 108 Å². The molecule has 0 radical (unpaired) electrons. The van der Waals surface area contributed by atoms with Gasteiger partial charge in [-0.05, 0) is 37.5 Å². The van der Waals surface area contributed by atoms with E-state index >= 15 is 0 Å². The second-order valence-corrected chi connectivity index (χ2v) is 5.12. The summed E-state index contributed by atoms with van der Waals surface area (Å²) >= 11 is 0. The molecule has 0 aliphatic carbocycles. The number of halogens is 1. The second kappa shape index (κ2) is 6.71. The van der Waals surface area contributed by atoms with Crippen molar-refractivity contribution in [2.24, 2.45) is 5.92 Å². The normalized spacial score (nSPS) is 14.8. The van der Waals surface area contributed by atoms with Gasteiger partial charge in [-0.2, -0.15) is 0 Å². The van der Waals surface area contributed by atoms with Crippen LogP contribution in [0.2, 0.25) is 0 Å². The fourth-order valence-corrected chi connectivity index (χ4v) is 1.92. The largest absolute Gasteiger partial charge is 0.508 e. The molecule has 0 saturated heterocycles. The number of phenols is 1. The number of hydrogen-bond acceptors (Lipinski definition) is 3. The Bertz CT molecular complexity index is 382. The summed E-state index contributed by atoms with van der Waals surface area (Å²) in [4.78, 5) is 0. The van der Waals surface area contributed by atoms with Crippen LogP contribution >= 0.6 is 0 Å². The number of nitrogens with one attached hydrogen (secondary N) is 1. The van der Waals surface area contributed by atoms with E-state index in [1.54, 1.807) is 0 Å². The zero-order chi connectivity index (χ0) is 13.7. The van der Waals surface area contributed by atoms with Crippen molar-refractivity contribution >= 4 is 0 Å². The molecule has 102 valence electrons. The topological polar surface area (TPSA) is 52.5 Å². The van der Waals surface area contributed by atoms with E-state index in [-0.39, 0.29) is 17.6 Å². The zero-order valence-corrected chi connectivity index (χ0v) is 11.2. The number of aromatic hydroxyl groups is 1. The van der Waals surface area contributed by atoms with Gasteiger partial charge in [-0.3, -0.25) is 0 Å². The Morgan fingerprint density at radius 2 is 1.94 bits per heavy atom. The van der Waals surface area contributed by atoms with E-state index in [2.05, 4.69) is 5.32 Å².